The lowest BCUT2D eigenvalue weighted by molar-refractivity contribution is -0.121. The van der Waals surface area contributed by atoms with Crippen molar-refractivity contribution >= 4 is 34.0 Å². The molecule has 2 aromatic carbocycles. The van der Waals surface area contributed by atoms with E-state index in [4.69, 9.17) is 9.47 Å². The van der Waals surface area contributed by atoms with E-state index in [9.17, 15) is 9.59 Å². The van der Waals surface area contributed by atoms with Gasteiger partial charge in [-0.25, -0.2) is 10.2 Å². The second-order valence-corrected chi connectivity index (χ2v) is 11.9. The van der Waals surface area contributed by atoms with Gasteiger partial charge in [-0.05, 0) is 55.3 Å². The first-order valence-corrected chi connectivity index (χ1v) is 16.9. The number of benzene rings is 2. The number of carbonyl (C=O) groups is 2. The van der Waals surface area contributed by atoms with Crippen LogP contribution in [0.4, 0.5) is 0 Å². The zero-order chi connectivity index (χ0) is 30.3. The SMILES string of the molecule is CCCCCCCCCCCCCCCCCC(=O)N/N=C/c1cc(Br)ccc1OC(=O)c1ccc(OCCC)cc1. The topological polar surface area (TPSA) is 77.0 Å². The van der Waals surface area contributed by atoms with Gasteiger partial charge < -0.3 is 9.47 Å². The number of halogens is 1. The van der Waals surface area contributed by atoms with Crippen LogP contribution in [0.25, 0.3) is 0 Å². The molecule has 7 heteroatoms. The Morgan fingerprint density at radius 3 is 1.90 bits per heavy atom. The number of ether oxygens (including phenoxy) is 2. The van der Waals surface area contributed by atoms with Crippen LogP contribution in [0.5, 0.6) is 11.5 Å². The maximum absolute atomic E-state index is 12.7. The molecule has 0 atom stereocenters. The summed E-state index contributed by atoms with van der Waals surface area (Å²) in [7, 11) is 0. The minimum Gasteiger partial charge on any atom is -0.494 e. The van der Waals surface area contributed by atoms with Gasteiger partial charge in [0.15, 0.2) is 0 Å². The van der Waals surface area contributed by atoms with Crippen LogP contribution >= 0.6 is 15.9 Å². The first-order valence-electron chi connectivity index (χ1n) is 16.1. The summed E-state index contributed by atoms with van der Waals surface area (Å²) < 4.78 is 12.0. The fourth-order valence-electron chi connectivity index (χ4n) is 4.67. The van der Waals surface area contributed by atoms with E-state index in [1.807, 2.05) is 6.92 Å². The summed E-state index contributed by atoms with van der Waals surface area (Å²) in [5.74, 6) is 0.478. The minimum absolute atomic E-state index is 0.111. The highest BCUT2D eigenvalue weighted by molar-refractivity contribution is 9.10. The maximum atomic E-state index is 12.7. The van der Waals surface area contributed by atoms with E-state index in [2.05, 4.69) is 33.4 Å². The molecule has 0 fully saturated rings. The number of nitrogens with one attached hydrogen (secondary N) is 1. The van der Waals surface area contributed by atoms with Crippen molar-refractivity contribution in [2.45, 2.75) is 123 Å². The van der Waals surface area contributed by atoms with E-state index < -0.39 is 5.97 Å². The Morgan fingerprint density at radius 2 is 1.33 bits per heavy atom. The summed E-state index contributed by atoms with van der Waals surface area (Å²) in [6, 6.07) is 12.1. The van der Waals surface area contributed by atoms with Crippen molar-refractivity contribution < 1.29 is 19.1 Å². The van der Waals surface area contributed by atoms with E-state index in [-0.39, 0.29) is 5.91 Å². The van der Waals surface area contributed by atoms with Gasteiger partial charge in [0.2, 0.25) is 5.91 Å². The summed E-state index contributed by atoms with van der Waals surface area (Å²) in [5.41, 5.74) is 3.59. The molecule has 0 aliphatic carbocycles. The molecule has 232 valence electrons. The van der Waals surface area contributed by atoms with Crippen LogP contribution in [0.1, 0.15) is 139 Å². The van der Waals surface area contributed by atoms with Gasteiger partial charge in [-0.3, -0.25) is 4.79 Å². The third kappa shape index (κ3) is 16.1. The Bertz CT molecular complexity index is 1060. The third-order valence-corrected chi connectivity index (χ3v) is 7.63. The fraction of sp³-hybridized carbons (Fsp3) is 0.571. The molecule has 42 heavy (non-hydrogen) atoms. The van der Waals surface area contributed by atoms with Crippen LogP contribution in [0, 0.1) is 0 Å². The fourth-order valence-corrected chi connectivity index (χ4v) is 5.04. The minimum atomic E-state index is -0.480. The summed E-state index contributed by atoms with van der Waals surface area (Å²) in [6.07, 6.45) is 22.3. The van der Waals surface area contributed by atoms with Crippen molar-refractivity contribution in [3.63, 3.8) is 0 Å². The summed E-state index contributed by atoms with van der Waals surface area (Å²) in [6.45, 7) is 4.93. The monoisotopic (exact) mass is 642 g/mol. The van der Waals surface area contributed by atoms with Crippen molar-refractivity contribution in [2.24, 2.45) is 5.10 Å². The van der Waals surface area contributed by atoms with Gasteiger partial charge in [-0.2, -0.15) is 5.10 Å². The number of rotatable bonds is 23. The number of carbonyl (C=O) groups excluding carboxylic acids is 2. The zero-order valence-electron chi connectivity index (χ0n) is 25.8. The predicted octanol–water partition coefficient (Wildman–Crippen LogP) is 10.2. The van der Waals surface area contributed by atoms with Crippen molar-refractivity contribution in [1.82, 2.24) is 5.43 Å². The Kier molecular flexibility index (Phi) is 19.3. The molecule has 0 bridgehead atoms. The standard InChI is InChI=1S/C35H51BrN2O4/c1-3-5-6-7-8-9-10-11-12-13-14-15-16-17-18-19-34(39)38-37-28-30-27-31(36)22-25-33(30)42-35(40)29-20-23-32(24-21-29)41-26-4-2/h20-25,27-28H,3-19,26H2,1-2H3,(H,38,39)/b37-28+. The molecule has 0 saturated heterocycles. The van der Waals surface area contributed by atoms with Crippen LogP contribution in [0.3, 0.4) is 0 Å². The van der Waals surface area contributed by atoms with Crippen LogP contribution < -0.4 is 14.9 Å². The molecule has 0 aromatic heterocycles. The molecule has 2 rings (SSSR count). The predicted molar refractivity (Wildman–Crippen MR) is 177 cm³/mol. The smallest absolute Gasteiger partial charge is 0.343 e. The Hall–Kier alpha value is -2.67. The lowest BCUT2D eigenvalue weighted by Crippen LogP contribution is -2.17. The van der Waals surface area contributed by atoms with E-state index in [1.165, 1.54) is 89.7 Å². The molecule has 1 amide bonds. The summed E-state index contributed by atoms with van der Waals surface area (Å²) >= 11 is 3.44. The van der Waals surface area contributed by atoms with Gasteiger partial charge in [0, 0.05) is 16.5 Å². The van der Waals surface area contributed by atoms with Gasteiger partial charge in [-0.1, -0.05) is 120 Å². The molecule has 1 N–H and O–H groups in total. The second-order valence-electron chi connectivity index (χ2n) is 10.9. The van der Waals surface area contributed by atoms with Crippen LogP contribution in [0.15, 0.2) is 52.0 Å². The second kappa shape index (κ2) is 22.9. The number of unbranched alkanes of at least 4 members (excludes halogenated alkanes) is 14. The van der Waals surface area contributed by atoms with Gasteiger partial charge in [-0.15, -0.1) is 0 Å². The maximum Gasteiger partial charge on any atom is 0.343 e. The highest BCUT2D eigenvalue weighted by Crippen LogP contribution is 2.23. The van der Waals surface area contributed by atoms with Crippen LogP contribution in [-0.2, 0) is 4.79 Å². The van der Waals surface area contributed by atoms with Crippen molar-refractivity contribution in [1.29, 1.82) is 0 Å². The molecule has 0 saturated carbocycles. The van der Waals surface area contributed by atoms with Gasteiger partial charge >= 0.3 is 5.97 Å². The largest absolute Gasteiger partial charge is 0.494 e. The molecule has 6 nitrogen and oxygen atoms in total. The first kappa shape index (κ1) is 35.5. The highest BCUT2D eigenvalue weighted by atomic mass is 79.9. The van der Waals surface area contributed by atoms with Gasteiger partial charge in [0.05, 0.1) is 18.4 Å². The molecule has 0 aliphatic rings. The summed E-state index contributed by atoms with van der Waals surface area (Å²) in [4.78, 5) is 24.9. The van der Waals surface area contributed by atoms with Crippen LogP contribution in [0.2, 0.25) is 0 Å². The number of amides is 1. The molecule has 0 aliphatic heterocycles. The normalized spacial score (nSPS) is 11.1. The summed E-state index contributed by atoms with van der Waals surface area (Å²) in [5, 5.41) is 4.10. The number of nitrogens with zero attached hydrogens (tertiary/aromatic N) is 1. The zero-order valence-corrected chi connectivity index (χ0v) is 27.4. The van der Waals surface area contributed by atoms with E-state index in [0.29, 0.717) is 35.7 Å². The first-order chi connectivity index (χ1) is 20.5. The van der Waals surface area contributed by atoms with Gasteiger partial charge in [0.25, 0.3) is 0 Å². The van der Waals surface area contributed by atoms with Gasteiger partial charge in [0.1, 0.15) is 11.5 Å². The third-order valence-electron chi connectivity index (χ3n) is 7.14. The lowest BCUT2D eigenvalue weighted by Gasteiger charge is -2.09. The lowest BCUT2D eigenvalue weighted by atomic mass is 10.0. The van der Waals surface area contributed by atoms with E-state index in [1.54, 1.807) is 42.5 Å². The quantitative estimate of drug-likeness (QED) is 0.0430. The highest BCUT2D eigenvalue weighted by Gasteiger charge is 2.12. The molecular weight excluding hydrogens is 592 g/mol. The number of hydrogen-bond donors (Lipinski definition) is 1. The van der Waals surface area contributed by atoms with E-state index >= 15 is 0 Å². The van der Waals surface area contributed by atoms with E-state index in [0.717, 1.165) is 23.7 Å². The molecule has 2 aromatic rings. The average molecular weight is 644 g/mol. The molecule has 0 unspecified atom stereocenters. The van der Waals surface area contributed by atoms with Crippen molar-refractivity contribution in [2.75, 3.05) is 6.61 Å². The molecular formula is C35H51BrN2O4. The Labute approximate surface area is 262 Å². The number of hydrogen-bond acceptors (Lipinski definition) is 5. The molecule has 0 spiro atoms. The average Bonchev–Trinajstić information content (AvgIpc) is 2.99. The molecule has 0 radical (unpaired) electrons. The Balaban J connectivity index is 1.61. The number of esters is 1. The van der Waals surface area contributed by atoms with Crippen molar-refractivity contribution in [3.05, 3.63) is 58.1 Å². The number of hydrazone groups is 1. The van der Waals surface area contributed by atoms with Crippen LogP contribution in [-0.4, -0.2) is 24.7 Å². The van der Waals surface area contributed by atoms with Crippen molar-refractivity contribution in [3.8, 4) is 11.5 Å². The Morgan fingerprint density at radius 1 is 0.762 bits per heavy atom. The molecule has 0 heterocycles.